The summed E-state index contributed by atoms with van der Waals surface area (Å²) in [5.74, 6) is 2.06. The first-order valence-electron chi connectivity index (χ1n) is 7.68. The minimum atomic E-state index is 0.250. The van der Waals surface area contributed by atoms with Crippen molar-refractivity contribution >= 4 is 11.6 Å². The largest absolute Gasteiger partial charge is 0.370 e. The third-order valence-electron chi connectivity index (χ3n) is 3.04. The molecule has 1 rings (SSSR count). The molecule has 1 N–H and O–H groups in total. The molecule has 1 aromatic rings. The van der Waals surface area contributed by atoms with Gasteiger partial charge in [-0.1, -0.05) is 41.0 Å². The van der Waals surface area contributed by atoms with Crippen molar-refractivity contribution in [3.63, 3.8) is 0 Å². The van der Waals surface area contributed by atoms with Gasteiger partial charge >= 0.3 is 0 Å². The van der Waals surface area contributed by atoms with Crippen LogP contribution in [0, 0.1) is 5.41 Å². The molecule has 1 aromatic heterocycles. The molecule has 20 heavy (non-hydrogen) atoms. The smallest absolute Gasteiger partial charge is 0.137 e. The highest BCUT2D eigenvalue weighted by atomic mass is 15.2. The van der Waals surface area contributed by atoms with E-state index in [2.05, 4.69) is 61.9 Å². The first kappa shape index (κ1) is 16.7. The second-order valence-electron chi connectivity index (χ2n) is 6.62. The molecule has 0 spiro atoms. The Balaban J connectivity index is 3.04. The third-order valence-corrected chi connectivity index (χ3v) is 3.04. The van der Waals surface area contributed by atoms with E-state index in [-0.39, 0.29) is 5.41 Å². The summed E-state index contributed by atoms with van der Waals surface area (Å²) in [5, 5.41) is 3.43. The number of rotatable bonds is 7. The van der Waals surface area contributed by atoms with Gasteiger partial charge in [0.2, 0.25) is 0 Å². The maximum Gasteiger partial charge on any atom is 0.137 e. The maximum atomic E-state index is 4.52. The standard InChI is InChI=1S/C16H30N4/c1-7-9-13-14(17-10-8-2)18-12-19-15(13)20(6)11-16(3,4)5/h12H,7-11H2,1-6H3,(H,17,18,19). The highest BCUT2D eigenvalue weighted by molar-refractivity contribution is 5.58. The van der Waals surface area contributed by atoms with E-state index in [1.807, 2.05) is 0 Å². The van der Waals surface area contributed by atoms with E-state index in [0.717, 1.165) is 44.0 Å². The zero-order valence-electron chi connectivity index (χ0n) is 14.0. The van der Waals surface area contributed by atoms with Crippen molar-refractivity contribution in [2.24, 2.45) is 5.41 Å². The molecule has 4 heteroatoms. The minimum Gasteiger partial charge on any atom is -0.370 e. The molecule has 1 heterocycles. The first-order valence-corrected chi connectivity index (χ1v) is 7.68. The summed E-state index contributed by atoms with van der Waals surface area (Å²) < 4.78 is 0. The van der Waals surface area contributed by atoms with Crippen molar-refractivity contribution in [1.29, 1.82) is 0 Å². The normalized spacial score (nSPS) is 11.5. The molecular formula is C16H30N4. The van der Waals surface area contributed by atoms with E-state index in [4.69, 9.17) is 0 Å². The van der Waals surface area contributed by atoms with Crippen LogP contribution in [0.5, 0.6) is 0 Å². The average molecular weight is 278 g/mol. The average Bonchev–Trinajstić information content (AvgIpc) is 2.35. The molecule has 4 nitrogen and oxygen atoms in total. The minimum absolute atomic E-state index is 0.250. The summed E-state index contributed by atoms with van der Waals surface area (Å²) >= 11 is 0. The summed E-state index contributed by atoms with van der Waals surface area (Å²) in [4.78, 5) is 11.2. The van der Waals surface area contributed by atoms with Crippen molar-refractivity contribution in [2.75, 3.05) is 30.4 Å². The van der Waals surface area contributed by atoms with Crippen LogP contribution in [0.15, 0.2) is 6.33 Å². The molecule has 0 saturated carbocycles. The second-order valence-corrected chi connectivity index (χ2v) is 6.62. The molecule has 0 amide bonds. The quantitative estimate of drug-likeness (QED) is 0.825. The Bertz CT molecular complexity index is 409. The number of nitrogens with one attached hydrogen (secondary N) is 1. The van der Waals surface area contributed by atoms with Gasteiger partial charge in [0, 0.05) is 25.7 Å². The Labute approximate surface area is 124 Å². The van der Waals surface area contributed by atoms with Gasteiger partial charge in [0.25, 0.3) is 0 Å². The lowest BCUT2D eigenvalue weighted by Gasteiger charge is -2.29. The lowest BCUT2D eigenvalue weighted by molar-refractivity contribution is 0.417. The van der Waals surface area contributed by atoms with Crippen molar-refractivity contribution in [2.45, 2.75) is 53.9 Å². The predicted molar refractivity (Wildman–Crippen MR) is 87.5 cm³/mol. The Kier molecular flexibility index (Phi) is 6.24. The number of aromatic nitrogens is 2. The fourth-order valence-electron chi connectivity index (χ4n) is 2.39. The topological polar surface area (TPSA) is 41.1 Å². The molecular weight excluding hydrogens is 248 g/mol. The SMILES string of the molecule is CCCNc1ncnc(N(C)CC(C)(C)C)c1CCC. The summed E-state index contributed by atoms with van der Waals surface area (Å²) in [6.45, 7) is 13.1. The van der Waals surface area contributed by atoms with E-state index >= 15 is 0 Å². The summed E-state index contributed by atoms with van der Waals surface area (Å²) in [7, 11) is 2.12. The molecule has 0 aliphatic rings. The number of hydrogen-bond acceptors (Lipinski definition) is 4. The van der Waals surface area contributed by atoms with Crippen molar-refractivity contribution in [1.82, 2.24) is 9.97 Å². The zero-order valence-corrected chi connectivity index (χ0v) is 14.0. The van der Waals surface area contributed by atoms with Crippen LogP contribution < -0.4 is 10.2 Å². The molecule has 0 saturated heterocycles. The van der Waals surface area contributed by atoms with Crippen LogP contribution in [0.3, 0.4) is 0 Å². The summed E-state index contributed by atoms with van der Waals surface area (Å²) in [6.07, 6.45) is 4.88. The van der Waals surface area contributed by atoms with Gasteiger partial charge in [0.05, 0.1) is 0 Å². The monoisotopic (exact) mass is 278 g/mol. The van der Waals surface area contributed by atoms with E-state index < -0.39 is 0 Å². The Morgan fingerprint density at radius 2 is 1.85 bits per heavy atom. The van der Waals surface area contributed by atoms with Gasteiger partial charge in [0.15, 0.2) is 0 Å². The summed E-state index contributed by atoms with van der Waals surface area (Å²) in [6, 6.07) is 0. The molecule has 0 atom stereocenters. The van der Waals surface area contributed by atoms with Crippen molar-refractivity contribution < 1.29 is 0 Å². The van der Waals surface area contributed by atoms with E-state index in [1.165, 1.54) is 5.56 Å². The van der Waals surface area contributed by atoms with Gasteiger partial charge in [-0.05, 0) is 18.3 Å². The maximum absolute atomic E-state index is 4.52. The van der Waals surface area contributed by atoms with Crippen LogP contribution in [0.25, 0.3) is 0 Å². The molecule has 0 fully saturated rings. The van der Waals surface area contributed by atoms with Gasteiger partial charge in [0.1, 0.15) is 18.0 Å². The van der Waals surface area contributed by atoms with Gasteiger partial charge in [-0.15, -0.1) is 0 Å². The van der Waals surface area contributed by atoms with Crippen LogP contribution in [-0.2, 0) is 6.42 Å². The van der Waals surface area contributed by atoms with Crippen molar-refractivity contribution in [3.05, 3.63) is 11.9 Å². The van der Waals surface area contributed by atoms with Gasteiger partial charge in [-0.25, -0.2) is 9.97 Å². The fraction of sp³-hybridized carbons (Fsp3) is 0.750. The highest BCUT2D eigenvalue weighted by Crippen LogP contribution is 2.26. The molecule has 0 unspecified atom stereocenters. The third kappa shape index (κ3) is 4.99. The van der Waals surface area contributed by atoms with Crippen LogP contribution in [0.4, 0.5) is 11.6 Å². The zero-order chi connectivity index (χ0) is 15.2. The first-order chi connectivity index (χ1) is 9.39. The van der Waals surface area contributed by atoms with Crippen molar-refractivity contribution in [3.8, 4) is 0 Å². The lowest BCUT2D eigenvalue weighted by Crippen LogP contribution is -2.31. The second kappa shape index (κ2) is 7.46. The van der Waals surface area contributed by atoms with Crippen LogP contribution in [-0.4, -0.2) is 30.1 Å². The lowest BCUT2D eigenvalue weighted by atomic mass is 9.96. The van der Waals surface area contributed by atoms with E-state index in [1.54, 1.807) is 6.33 Å². The van der Waals surface area contributed by atoms with Crippen LogP contribution in [0.2, 0.25) is 0 Å². The summed E-state index contributed by atoms with van der Waals surface area (Å²) in [5.41, 5.74) is 1.50. The molecule has 0 aliphatic heterocycles. The van der Waals surface area contributed by atoms with E-state index in [9.17, 15) is 0 Å². The number of hydrogen-bond donors (Lipinski definition) is 1. The van der Waals surface area contributed by atoms with E-state index in [0.29, 0.717) is 0 Å². The highest BCUT2D eigenvalue weighted by Gasteiger charge is 2.19. The molecule has 0 aromatic carbocycles. The number of nitrogens with zero attached hydrogens (tertiary/aromatic N) is 3. The van der Waals surface area contributed by atoms with Gasteiger partial charge in [-0.2, -0.15) is 0 Å². The Hall–Kier alpha value is -1.32. The number of anilines is 2. The van der Waals surface area contributed by atoms with Crippen LogP contribution in [0.1, 0.15) is 53.0 Å². The Morgan fingerprint density at radius 3 is 2.40 bits per heavy atom. The molecule has 114 valence electrons. The van der Waals surface area contributed by atoms with Gasteiger partial charge in [-0.3, -0.25) is 0 Å². The van der Waals surface area contributed by atoms with Gasteiger partial charge < -0.3 is 10.2 Å². The molecule has 0 aliphatic carbocycles. The molecule has 0 radical (unpaired) electrons. The molecule has 0 bridgehead atoms. The fourth-order valence-corrected chi connectivity index (χ4v) is 2.39. The Morgan fingerprint density at radius 1 is 1.15 bits per heavy atom. The van der Waals surface area contributed by atoms with Crippen LogP contribution >= 0.6 is 0 Å². The predicted octanol–water partition coefficient (Wildman–Crippen LogP) is 3.73.